The molecule has 2 amide bonds. The van der Waals surface area contributed by atoms with E-state index in [2.05, 4.69) is 12.2 Å². The molecule has 7 nitrogen and oxygen atoms in total. The van der Waals surface area contributed by atoms with Crippen LogP contribution in [0.25, 0.3) is 0 Å². The molecule has 1 aliphatic heterocycles. The van der Waals surface area contributed by atoms with Crippen molar-refractivity contribution in [3.63, 3.8) is 0 Å². The van der Waals surface area contributed by atoms with Gasteiger partial charge in [0.25, 0.3) is 0 Å². The summed E-state index contributed by atoms with van der Waals surface area (Å²) in [6.07, 6.45) is 5.31. The summed E-state index contributed by atoms with van der Waals surface area (Å²) in [4.78, 5) is 53.4. The summed E-state index contributed by atoms with van der Waals surface area (Å²) in [5, 5.41) is 0. The molecule has 7 heteroatoms. The monoisotopic (exact) mass is 457 g/mol. The number of esters is 1. The first-order valence-corrected chi connectivity index (χ1v) is 11.5. The molecule has 172 valence electrons. The van der Waals surface area contributed by atoms with E-state index in [-0.39, 0.29) is 52.5 Å². The minimum Gasteiger partial charge on any atom is -0.497 e. The van der Waals surface area contributed by atoms with Crippen LogP contribution in [0.3, 0.4) is 0 Å². The molecule has 1 heterocycles. The minimum absolute atomic E-state index is 0.0934. The van der Waals surface area contributed by atoms with Gasteiger partial charge in [-0.2, -0.15) is 0 Å². The lowest BCUT2D eigenvalue weighted by Gasteiger charge is -2.37. The van der Waals surface area contributed by atoms with Crippen LogP contribution in [0.15, 0.2) is 60.7 Å². The summed E-state index contributed by atoms with van der Waals surface area (Å²) in [7, 11) is 1.53. The lowest BCUT2D eigenvalue weighted by molar-refractivity contribution is -0.124. The van der Waals surface area contributed by atoms with Crippen LogP contribution in [-0.4, -0.2) is 37.3 Å². The lowest BCUT2D eigenvalue weighted by Crippen LogP contribution is -2.40. The number of allylic oxidation sites excluding steroid dienone is 2. The van der Waals surface area contributed by atoms with E-state index in [9.17, 15) is 19.2 Å². The molecular weight excluding hydrogens is 434 g/mol. The van der Waals surface area contributed by atoms with Gasteiger partial charge >= 0.3 is 5.97 Å². The Morgan fingerprint density at radius 1 is 0.912 bits per heavy atom. The number of amides is 2. The number of hydrogen-bond acceptors (Lipinski definition) is 6. The second kappa shape index (κ2) is 7.65. The number of Topliss-reactive ketones (excluding diaryl/α,β-unsaturated/α-hetero) is 1. The van der Waals surface area contributed by atoms with E-state index in [1.54, 1.807) is 42.5 Å². The van der Waals surface area contributed by atoms with E-state index in [1.165, 1.54) is 18.1 Å². The van der Waals surface area contributed by atoms with Gasteiger partial charge in [-0.25, -0.2) is 9.69 Å². The Morgan fingerprint density at radius 3 is 2.15 bits per heavy atom. The fourth-order valence-corrected chi connectivity index (χ4v) is 6.10. The molecule has 0 radical (unpaired) electrons. The van der Waals surface area contributed by atoms with Crippen molar-refractivity contribution in [2.45, 2.75) is 6.42 Å². The van der Waals surface area contributed by atoms with Gasteiger partial charge in [-0.15, -0.1) is 0 Å². The van der Waals surface area contributed by atoms with E-state index >= 15 is 0 Å². The maximum atomic E-state index is 13.4. The molecule has 5 aliphatic rings. The second-order valence-corrected chi connectivity index (χ2v) is 9.41. The van der Waals surface area contributed by atoms with Gasteiger partial charge in [0.15, 0.2) is 12.4 Å². The van der Waals surface area contributed by atoms with E-state index in [1.807, 2.05) is 0 Å². The van der Waals surface area contributed by atoms with Crippen LogP contribution in [-0.2, 0) is 14.3 Å². The van der Waals surface area contributed by atoms with Gasteiger partial charge in [-0.1, -0.05) is 24.3 Å². The van der Waals surface area contributed by atoms with Crippen LogP contribution >= 0.6 is 0 Å². The fourth-order valence-electron chi connectivity index (χ4n) is 6.10. The number of carbonyl (C=O) groups excluding carboxylic acids is 4. The highest BCUT2D eigenvalue weighted by Gasteiger charge is 2.67. The van der Waals surface area contributed by atoms with Gasteiger partial charge < -0.3 is 9.47 Å². The first-order valence-electron chi connectivity index (χ1n) is 11.5. The number of anilines is 1. The Kier molecular flexibility index (Phi) is 4.69. The molecule has 2 saturated carbocycles. The molecule has 1 saturated heterocycles. The van der Waals surface area contributed by atoms with E-state index in [0.29, 0.717) is 23.1 Å². The zero-order valence-electron chi connectivity index (χ0n) is 18.5. The van der Waals surface area contributed by atoms with Crippen LogP contribution in [0.2, 0.25) is 0 Å². The number of carbonyl (C=O) groups is 4. The fraction of sp³-hybridized carbons (Fsp3) is 0.333. The van der Waals surface area contributed by atoms with E-state index in [0.717, 1.165) is 6.42 Å². The van der Waals surface area contributed by atoms with E-state index in [4.69, 9.17) is 9.47 Å². The lowest BCUT2D eigenvalue weighted by atomic mass is 9.63. The van der Waals surface area contributed by atoms with Gasteiger partial charge in [0.1, 0.15) is 5.75 Å². The number of hydrogen-bond donors (Lipinski definition) is 0. The maximum absolute atomic E-state index is 13.4. The molecule has 34 heavy (non-hydrogen) atoms. The summed E-state index contributed by atoms with van der Waals surface area (Å²) >= 11 is 0. The predicted molar refractivity (Wildman–Crippen MR) is 121 cm³/mol. The van der Waals surface area contributed by atoms with Crippen molar-refractivity contribution in [2.24, 2.45) is 35.5 Å². The van der Waals surface area contributed by atoms with Crippen molar-refractivity contribution in [2.75, 3.05) is 18.6 Å². The van der Waals surface area contributed by atoms with Gasteiger partial charge in [-0.05, 0) is 66.5 Å². The van der Waals surface area contributed by atoms with Crippen molar-refractivity contribution in [1.29, 1.82) is 0 Å². The van der Waals surface area contributed by atoms with Gasteiger partial charge in [0.05, 0.1) is 30.2 Å². The second-order valence-electron chi connectivity index (χ2n) is 9.41. The van der Waals surface area contributed by atoms with Gasteiger partial charge in [0.2, 0.25) is 11.8 Å². The third kappa shape index (κ3) is 3.03. The van der Waals surface area contributed by atoms with Crippen LogP contribution in [0.5, 0.6) is 5.75 Å². The smallest absolute Gasteiger partial charge is 0.340 e. The Morgan fingerprint density at radius 2 is 1.53 bits per heavy atom. The van der Waals surface area contributed by atoms with Crippen molar-refractivity contribution >= 4 is 29.3 Å². The van der Waals surface area contributed by atoms with Crippen molar-refractivity contribution < 1.29 is 28.7 Å². The Bertz CT molecular complexity index is 1210. The number of ether oxygens (including phenoxy) is 2. The Hall–Kier alpha value is -3.74. The van der Waals surface area contributed by atoms with Gasteiger partial charge in [-0.3, -0.25) is 14.4 Å². The van der Waals surface area contributed by atoms with Crippen molar-refractivity contribution in [3.05, 3.63) is 71.8 Å². The molecule has 6 atom stereocenters. The molecule has 2 aromatic carbocycles. The first-order chi connectivity index (χ1) is 16.5. The van der Waals surface area contributed by atoms with Crippen LogP contribution in [0, 0.1) is 35.5 Å². The topological polar surface area (TPSA) is 90.0 Å². The van der Waals surface area contributed by atoms with E-state index < -0.39 is 12.6 Å². The quantitative estimate of drug-likeness (QED) is 0.286. The summed E-state index contributed by atoms with van der Waals surface area (Å²) in [6.45, 7) is -0.454. The zero-order chi connectivity index (χ0) is 23.6. The summed E-state index contributed by atoms with van der Waals surface area (Å²) in [6, 6.07) is 12.9. The Balaban J connectivity index is 1.22. The highest BCUT2D eigenvalue weighted by atomic mass is 16.5. The van der Waals surface area contributed by atoms with Crippen LogP contribution in [0.4, 0.5) is 5.69 Å². The molecule has 7 rings (SSSR count). The largest absolute Gasteiger partial charge is 0.497 e. The SMILES string of the molecule is COc1ccc(C(=O)COC(=O)c2ccccc2N2C(=O)[C@H]3[C@@H]4C=C[C@@H]([C@H]5C[C@H]45)[C@@H]3C2=O)cc1. The summed E-state index contributed by atoms with van der Waals surface area (Å²) in [5.74, 6) is -0.502. The number of methoxy groups -OCH3 is 1. The average molecular weight is 457 g/mol. The maximum Gasteiger partial charge on any atom is 0.340 e. The number of nitrogens with zero attached hydrogens (tertiary/aromatic N) is 1. The minimum atomic E-state index is -0.753. The number of imide groups is 1. The molecule has 0 spiro atoms. The zero-order valence-corrected chi connectivity index (χ0v) is 18.5. The summed E-state index contributed by atoms with van der Waals surface area (Å²) in [5.41, 5.74) is 0.704. The molecule has 0 N–H and O–H groups in total. The molecule has 0 unspecified atom stereocenters. The number of benzene rings is 2. The average Bonchev–Trinajstić information content (AvgIpc) is 3.65. The molecule has 0 aromatic heterocycles. The molecular formula is C27H23NO6. The molecule has 2 aromatic rings. The third-order valence-corrected chi connectivity index (χ3v) is 7.77. The molecule has 3 fully saturated rings. The highest BCUT2D eigenvalue weighted by molar-refractivity contribution is 6.24. The predicted octanol–water partition coefficient (Wildman–Crippen LogP) is 3.29. The standard InChI is InChI=1S/C27H23NO6/c1-33-15-8-6-14(7-9-15)22(29)13-34-27(32)18-4-2-3-5-21(18)28-25(30)23-16-10-11-17(20-12-19(16)20)24(23)26(28)31/h2-11,16-17,19-20,23-24H,12-13H2,1H3/t16-,17+,19-,20-,23+,24+/m1/s1. The van der Waals surface area contributed by atoms with Crippen LogP contribution in [0.1, 0.15) is 27.1 Å². The normalized spacial score (nSPS) is 30.1. The third-order valence-electron chi connectivity index (χ3n) is 7.77. The number of rotatable bonds is 6. The summed E-state index contributed by atoms with van der Waals surface area (Å²) < 4.78 is 10.4. The Labute approximate surface area is 196 Å². The number of para-hydroxylation sites is 1. The van der Waals surface area contributed by atoms with Gasteiger partial charge in [0, 0.05) is 5.56 Å². The molecule has 2 bridgehead atoms. The molecule has 4 aliphatic carbocycles. The van der Waals surface area contributed by atoms with Crippen LogP contribution < -0.4 is 9.64 Å². The first kappa shape index (κ1) is 20.8. The highest BCUT2D eigenvalue weighted by Crippen LogP contribution is 2.65. The van der Waals surface area contributed by atoms with Crippen molar-refractivity contribution in [1.82, 2.24) is 0 Å². The van der Waals surface area contributed by atoms with Crippen molar-refractivity contribution in [3.8, 4) is 5.75 Å². The number of ketones is 1.